The summed E-state index contributed by atoms with van der Waals surface area (Å²) in [5.74, 6) is 0. The van der Waals surface area contributed by atoms with E-state index in [1.165, 1.54) is 24.4 Å². The topological polar surface area (TPSA) is 214 Å². The summed E-state index contributed by atoms with van der Waals surface area (Å²) in [4.78, 5) is 59.1. The minimum absolute atomic E-state index is 0.00896. The highest BCUT2D eigenvalue weighted by Gasteiger charge is 2.18. The van der Waals surface area contributed by atoms with Crippen LogP contribution in [0.1, 0.15) is 47.1 Å². The van der Waals surface area contributed by atoms with Gasteiger partial charge in [-0.2, -0.15) is 0 Å². The summed E-state index contributed by atoms with van der Waals surface area (Å²) < 4.78 is 10.4. The fourth-order valence-electron chi connectivity index (χ4n) is 5.29. The normalized spacial score (nSPS) is 10.5. The summed E-state index contributed by atoms with van der Waals surface area (Å²) in [7, 11) is 0. The Balaban J connectivity index is 0.000000198. The standard InChI is InChI=1S/C17H20N2O2.C16H18N2O2.C11H8N2O2.C5H3ClN2O2/c1-12-10-14(13-8-6-5-7-9-13)18-11-15(12)19-16(20)21-17(2,3)4;1-16(2,3)20-15(19)18-13-9-10-14(17-11-13)12-7-5-4-6-8-12;14-13(15)10-6-7-11(12-8-10)9-4-2-1-3-5-9;6-5-2-1-4(3-7-5)8(9)10/h5-11H,1-4H3,(H,19,20);4-11H,1-3H3,(H,18,19);1-8H;1-3H. The maximum absolute atomic E-state index is 11.8. The molecule has 16 nitrogen and oxygen atoms in total. The van der Waals surface area contributed by atoms with E-state index in [2.05, 4.69) is 30.6 Å². The summed E-state index contributed by atoms with van der Waals surface area (Å²) in [6.45, 7) is 12.9. The van der Waals surface area contributed by atoms with E-state index in [0.717, 1.165) is 45.5 Å². The second-order valence-corrected chi connectivity index (χ2v) is 16.3. The molecule has 0 aliphatic carbocycles. The third-order valence-corrected chi connectivity index (χ3v) is 8.47. The number of nitro groups is 2. The Morgan fingerprint density at radius 3 is 1.32 bits per heavy atom. The summed E-state index contributed by atoms with van der Waals surface area (Å²) in [6, 6.07) is 40.7. The Kier molecular flexibility index (Phi) is 18.4. The summed E-state index contributed by atoms with van der Waals surface area (Å²) in [5, 5.41) is 26.1. The number of ether oxygens (including phenoxy) is 2. The molecule has 2 amide bonds. The monoisotopic (exact) mass is 912 g/mol. The van der Waals surface area contributed by atoms with E-state index in [-0.39, 0.29) is 16.5 Å². The van der Waals surface area contributed by atoms with Gasteiger partial charge in [0.05, 0.1) is 50.7 Å². The van der Waals surface area contributed by atoms with Crippen molar-refractivity contribution in [2.45, 2.75) is 59.7 Å². The van der Waals surface area contributed by atoms with Crippen LogP contribution in [0.2, 0.25) is 5.15 Å². The first-order chi connectivity index (χ1) is 31.3. The Bertz CT molecular complexity index is 2650. The van der Waals surface area contributed by atoms with Gasteiger partial charge in [0, 0.05) is 28.8 Å². The Labute approximate surface area is 387 Å². The molecule has 3 aromatic carbocycles. The van der Waals surface area contributed by atoms with Crippen molar-refractivity contribution in [2.24, 2.45) is 0 Å². The maximum Gasteiger partial charge on any atom is 0.412 e. The molecule has 0 spiro atoms. The number of aromatic nitrogens is 4. The van der Waals surface area contributed by atoms with E-state index in [0.29, 0.717) is 11.4 Å². The van der Waals surface area contributed by atoms with Crippen LogP contribution >= 0.6 is 11.6 Å². The fourth-order valence-corrected chi connectivity index (χ4v) is 5.40. The lowest BCUT2D eigenvalue weighted by atomic mass is 10.1. The van der Waals surface area contributed by atoms with Crippen molar-refractivity contribution >= 4 is 46.5 Å². The van der Waals surface area contributed by atoms with E-state index in [1.807, 2.05) is 152 Å². The van der Waals surface area contributed by atoms with Crippen molar-refractivity contribution in [3.63, 3.8) is 0 Å². The number of nitrogens with one attached hydrogen (secondary N) is 2. The van der Waals surface area contributed by atoms with Crippen molar-refractivity contribution in [3.8, 4) is 33.8 Å². The van der Waals surface area contributed by atoms with Gasteiger partial charge in [0.1, 0.15) is 28.7 Å². The second-order valence-electron chi connectivity index (χ2n) is 15.9. The highest BCUT2D eigenvalue weighted by atomic mass is 35.5. The van der Waals surface area contributed by atoms with E-state index in [4.69, 9.17) is 21.1 Å². The lowest BCUT2D eigenvalue weighted by Crippen LogP contribution is -2.27. The molecule has 0 bridgehead atoms. The molecule has 0 aliphatic heterocycles. The van der Waals surface area contributed by atoms with Crippen molar-refractivity contribution in [3.05, 3.63) is 189 Å². The van der Waals surface area contributed by atoms with Crippen LogP contribution in [-0.2, 0) is 9.47 Å². The van der Waals surface area contributed by atoms with Gasteiger partial charge in [-0.1, -0.05) is 103 Å². The first-order valence-corrected chi connectivity index (χ1v) is 20.6. The molecule has 340 valence electrons. The molecule has 0 unspecified atom stereocenters. The minimum Gasteiger partial charge on any atom is -0.444 e. The molecule has 0 radical (unpaired) electrons. The number of hydrogen-bond acceptors (Lipinski definition) is 12. The zero-order chi connectivity index (χ0) is 48.3. The highest BCUT2D eigenvalue weighted by molar-refractivity contribution is 6.29. The van der Waals surface area contributed by atoms with Crippen LogP contribution < -0.4 is 10.6 Å². The van der Waals surface area contributed by atoms with Gasteiger partial charge in [0.25, 0.3) is 11.4 Å². The molecule has 0 atom stereocenters. The third kappa shape index (κ3) is 17.9. The van der Waals surface area contributed by atoms with Gasteiger partial charge in [-0.05, 0) is 84.4 Å². The van der Waals surface area contributed by atoms with E-state index in [1.54, 1.807) is 24.5 Å². The summed E-state index contributed by atoms with van der Waals surface area (Å²) in [5.41, 5.74) is 6.64. The Morgan fingerprint density at radius 1 is 0.530 bits per heavy atom. The van der Waals surface area contributed by atoms with Crippen LogP contribution in [0.4, 0.5) is 32.3 Å². The van der Waals surface area contributed by atoms with Crippen LogP contribution in [0.3, 0.4) is 0 Å². The fraction of sp³-hybridized carbons (Fsp3) is 0.184. The molecule has 7 aromatic rings. The number of amides is 2. The van der Waals surface area contributed by atoms with E-state index in [9.17, 15) is 29.8 Å². The molecule has 4 heterocycles. The molecule has 0 saturated heterocycles. The predicted molar refractivity (Wildman–Crippen MR) is 256 cm³/mol. The highest BCUT2D eigenvalue weighted by Crippen LogP contribution is 2.23. The molecule has 0 fully saturated rings. The van der Waals surface area contributed by atoms with E-state index < -0.39 is 33.2 Å². The van der Waals surface area contributed by atoms with Crippen LogP contribution in [0.15, 0.2) is 158 Å². The molecule has 7 rings (SSSR count). The number of halogens is 1. The van der Waals surface area contributed by atoms with Crippen LogP contribution in [0, 0.1) is 27.2 Å². The third-order valence-electron chi connectivity index (χ3n) is 8.25. The number of rotatable bonds is 7. The molecule has 66 heavy (non-hydrogen) atoms. The van der Waals surface area contributed by atoms with Gasteiger partial charge in [0.2, 0.25) is 0 Å². The van der Waals surface area contributed by atoms with Gasteiger partial charge in [0.15, 0.2) is 0 Å². The van der Waals surface area contributed by atoms with Gasteiger partial charge >= 0.3 is 12.2 Å². The largest absolute Gasteiger partial charge is 0.444 e. The molecular formula is C49H49ClN8O8. The van der Waals surface area contributed by atoms with Crippen molar-refractivity contribution in [1.29, 1.82) is 0 Å². The average molecular weight is 913 g/mol. The molecular weight excluding hydrogens is 864 g/mol. The van der Waals surface area contributed by atoms with Crippen molar-refractivity contribution in [2.75, 3.05) is 10.6 Å². The van der Waals surface area contributed by atoms with Crippen LogP contribution in [0.25, 0.3) is 33.8 Å². The van der Waals surface area contributed by atoms with Crippen LogP contribution in [-0.4, -0.2) is 53.2 Å². The number of aryl methyl sites for hydroxylation is 1. The number of pyridine rings is 4. The zero-order valence-electron chi connectivity index (χ0n) is 37.3. The first-order valence-electron chi connectivity index (χ1n) is 20.2. The summed E-state index contributed by atoms with van der Waals surface area (Å²) in [6.07, 6.45) is 4.70. The molecule has 2 N–H and O–H groups in total. The Hall–Kier alpha value is -8.11. The molecule has 4 aromatic heterocycles. The second kappa shape index (κ2) is 24.1. The molecule has 0 aliphatic rings. The average Bonchev–Trinajstić information content (AvgIpc) is 3.28. The predicted octanol–water partition coefficient (Wildman–Crippen LogP) is 12.8. The first kappa shape index (κ1) is 50.5. The van der Waals surface area contributed by atoms with Gasteiger partial charge < -0.3 is 9.47 Å². The van der Waals surface area contributed by atoms with Gasteiger partial charge in [-0.3, -0.25) is 40.8 Å². The lowest BCUT2D eigenvalue weighted by Gasteiger charge is -2.20. The summed E-state index contributed by atoms with van der Waals surface area (Å²) >= 11 is 5.38. The number of carbonyl (C=O) groups is 2. The zero-order valence-corrected chi connectivity index (χ0v) is 38.1. The van der Waals surface area contributed by atoms with Gasteiger partial charge in [-0.25, -0.2) is 19.6 Å². The number of hydrogen-bond donors (Lipinski definition) is 2. The minimum atomic E-state index is -0.524. The van der Waals surface area contributed by atoms with E-state index >= 15 is 0 Å². The lowest BCUT2D eigenvalue weighted by molar-refractivity contribution is -0.385. The van der Waals surface area contributed by atoms with Gasteiger partial charge in [-0.15, -0.1) is 0 Å². The number of benzene rings is 3. The SMILES string of the molecule is CC(C)(C)OC(=O)Nc1ccc(-c2ccccc2)nc1.Cc1cc(-c2ccccc2)ncc1NC(=O)OC(C)(C)C.O=[N+]([O-])c1ccc(-c2ccccc2)nc1.O=[N+]([O-])c1ccc(Cl)nc1. The maximum atomic E-state index is 11.8. The van der Waals surface area contributed by atoms with Crippen LogP contribution in [0.5, 0.6) is 0 Å². The van der Waals surface area contributed by atoms with Crippen molar-refractivity contribution in [1.82, 2.24) is 19.9 Å². The quantitative estimate of drug-likeness (QED) is 0.0868. The molecule has 17 heteroatoms. The molecule has 0 saturated carbocycles. The smallest absolute Gasteiger partial charge is 0.412 e. The Morgan fingerprint density at radius 2 is 0.939 bits per heavy atom. The number of nitrogens with zero attached hydrogens (tertiary/aromatic N) is 6. The number of carbonyl (C=O) groups excluding carboxylic acids is 2. The van der Waals surface area contributed by atoms with Crippen molar-refractivity contribution < 1.29 is 28.9 Å². The number of anilines is 2.